The van der Waals surface area contributed by atoms with E-state index in [0.29, 0.717) is 22.9 Å². The van der Waals surface area contributed by atoms with Crippen molar-refractivity contribution in [1.82, 2.24) is 0 Å². The number of benzene rings is 4. The number of hydrogen-bond acceptors (Lipinski definition) is 3. The number of amides is 2. The predicted octanol–water partition coefficient (Wildman–Crippen LogP) is 7.40. The third-order valence-corrected chi connectivity index (χ3v) is 5.49. The Morgan fingerprint density at radius 3 is 1.24 bits per heavy atom. The smallest absolute Gasteiger partial charge is 0.248 e. The third kappa shape index (κ3) is 8.08. The molecule has 37 heavy (non-hydrogen) atoms. The average molecular weight is 489 g/mol. The van der Waals surface area contributed by atoms with Crippen LogP contribution in [0.3, 0.4) is 0 Å². The first-order chi connectivity index (χ1) is 17.9. The van der Waals surface area contributed by atoms with Crippen molar-refractivity contribution in [1.29, 1.82) is 0 Å². The molecule has 0 aromatic heterocycles. The summed E-state index contributed by atoms with van der Waals surface area (Å²) in [5, 5.41) is 5.67. The van der Waals surface area contributed by atoms with E-state index < -0.39 is 0 Å². The highest BCUT2D eigenvalue weighted by Crippen LogP contribution is 2.24. The molecular formula is C32H28N2O3. The minimum atomic E-state index is -0.208. The molecule has 5 nitrogen and oxygen atoms in total. The molecule has 0 saturated heterocycles. The van der Waals surface area contributed by atoms with Gasteiger partial charge in [-0.3, -0.25) is 9.59 Å². The van der Waals surface area contributed by atoms with Crippen LogP contribution in [0.5, 0.6) is 11.5 Å². The molecule has 4 aromatic rings. The van der Waals surface area contributed by atoms with Gasteiger partial charge in [0.15, 0.2) is 0 Å². The topological polar surface area (TPSA) is 67.4 Å². The van der Waals surface area contributed by atoms with Crippen LogP contribution in [-0.2, 0) is 9.59 Å². The maximum Gasteiger partial charge on any atom is 0.248 e. The Labute approximate surface area is 217 Å². The van der Waals surface area contributed by atoms with Crippen LogP contribution in [0.2, 0.25) is 0 Å². The molecule has 2 amide bonds. The Morgan fingerprint density at radius 1 is 0.541 bits per heavy atom. The van der Waals surface area contributed by atoms with Gasteiger partial charge >= 0.3 is 0 Å². The van der Waals surface area contributed by atoms with Crippen LogP contribution >= 0.6 is 0 Å². The second-order valence-electron chi connectivity index (χ2n) is 8.62. The number of rotatable bonds is 8. The number of nitrogens with one attached hydrogen (secondary N) is 2. The number of hydrogen-bond donors (Lipinski definition) is 2. The summed E-state index contributed by atoms with van der Waals surface area (Å²) >= 11 is 0. The zero-order chi connectivity index (χ0) is 26.0. The highest BCUT2D eigenvalue weighted by molar-refractivity contribution is 6.02. The first-order valence-electron chi connectivity index (χ1n) is 11.9. The highest BCUT2D eigenvalue weighted by atomic mass is 16.5. The molecule has 5 heteroatoms. The summed E-state index contributed by atoms with van der Waals surface area (Å²) < 4.78 is 5.87. The van der Waals surface area contributed by atoms with Crippen molar-refractivity contribution >= 4 is 35.3 Å². The van der Waals surface area contributed by atoms with Crippen molar-refractivity contribution < 1.29 is 14.3 Å². The molecule has 0 spiro atoms. The second-order valence-corrected chi connectivity index (χ2v) is 8.62. The fraction of sp³-hybridized carbons (Fsp3) is 0.0625. The molecule has 0 heterocycles. The van der Waals surface area contributed by atoms with Crippen molar-refractivity contribution in [3.63, 3.8) is 0 Å². The Hall–Kier alpha value is -4.90. The zero-order valence-corrected chi connectivity index (χ0v) is 20.8. The van der Waals surface area contributed by atoms with E-state index in [2.05, 4.69) is 10.6 Å². The summed E-state index contributed by atoms with van der Waals surface area (Å²) in [5.41, 5.74) is 5.62. The first-order valence-corrected chi connectivity index (χ1v) is 11.9. The molecule has 0 aliphatic heterocycles. The van der Waals surface area contributed by atoms with Gasteiger partial charge < -0.3 is 15.4 Å². The van der Waals surface area contributed by atoms with E-state index in [1.165, 1.54) is 23.3 Å². The number of aryl methyl sites for hydroxylation is 2. The van der Waals surface area contributed by atoms with Crippen molar-refractivity contribution in [2.45, 2.75) is 13.8 Å². The third-order valence-electron chi connectivity index (χ3n) is 5.49. The van der Waals surface area contributed by atoms with Crippen LogP contribution in [0.1, 0.15) is 22.3 Å². The highest BCUT2D eigenvalue weighted by Gasteiger charge is 2.03. The van der Waals surface area contributed by atoms with Gasteiger partial charge in [-0.05, 0) is 85.7 Å². The van der Waals surface area contributed by atoms with Crippen LogP contribution in [0.25, 0.3) is 12.2 Å². The van der Waals surface area contributed by atoms with Crippen LogP contribution in [0.4, 0.5) is 11.4 Å². The minimum Gasteiger partial charge on any atom is -0.457 e. The molecule has 2 N–H and O–H groups in total. The van der Waals surface area contributed by atoms with Crippen LogP contribution in [0, 0.1) is 13.8 Å². The number of carbonyl (C=O) groups is 2. The lowest BCUT2D eigenvalue weighted by Crippen LogP contribution is -2.07. The van der Waals surface area contributed by atoms with Gasteiger partial charge in [0.05, 0.1) is 0 Å². The van der Waals surface area contributed by atoms with Gasteiger partial charge in [0.25, 0.3) is 0 Å². The maximum absolute atomic E-state index is 12.2. The summed E-state index contributed by atoms with van der Waals surface area (Å²) in [7, 11) is 0. The molecule has 0 saturated carbocycles. The van der Waals surface area contributed by atoms with E-state index in [-0.39, 0.29) is 11.8 Å². The summed E-state index contributed by atoms with van der Waals surface area (Å²) in [4.78, 5) is 24.4. The fourth-order valence-electron chi connectivity index (χ4n) is 3.42. The van der Waals surface area contributed by atoms with Crippen molar-refractivity contribution in [3.8, 4) is 11.5 Å². The monoisotopic (exact) mass is 488 g/mol. The molecule has 0 atom stereocenters. The van der Waals surface area contributed by atoms with E-state index in [0.717, 1.165) is 11.1 Å². The molecule has 0 aliphatic rings. The standard InChI is InChI=1S/C32H28N2O3/c1-23-3-7-25(8-4-23)11-21-31(35)33-27-13-17-29(18-14-27)37-30-19-15-28(16-20-30)34-32(36)22-12-26-9-5-24(2)6-10-26/h3-22H,1-2H3,(H,33,35)(H,34,36)/b21-11+,22-12+. The van der Waals surface area contributed by atoms with Crippen molar-refractivity contribution in [2.24, 2.45) is 0 Å². The maximum atomic E-state index is 12.2. The number of ether oxygens (including phenoxy) is 1. The average Bonchev–Trinajstić information content (AvgIpc) is 2.90. The van der Waals surface area contributed by atoms with Crippen LogP contribution in [-0.4, -0.2) is 11.8 Å². The molecule has 4 aromatic carbocycles. The van der Waals surface area contributed by atoms with Crippen LogP contribution in [0.15, 0.2) is 109 Å². The molecule has 4 rings (SSSR count). The lowest BCUT2D eigenvalue weighted by atomic mass is 10.1. The van der Waals surface area contributed by atoms with E-state index in [1.807, 2.05) is 62.4 Å². The minimum absolute atomic E-state index is 0.208. The Kier molecular flexibility index (Phi) is 8.29. The van der Waals surface area contributed by atoms with Gasteiger partial charge in [-0.25, -0.2) is 0 Å². The van der Waals surface area contributed by atoms with Crippen molar-refractivity contribution in [3.05, 3.63) is 131 Å². The lowest BCUT2D eigenvalue weighted by molar-refractivity contribution is -0.112. The van der Waals surface area contributed by atoms with Gasteiger partial charge in [-0.2, -0.15) is 0 Å². The largest absolute Gasteiger partial charge is 0.457 e. The van der Waals surface area contributed by atoms with E-state index in [4.69, 9.17) is 4.74 Å². The molecule has 184 valence electrons. The van der Waals surface area contributed by atoms with E-state index >= 15 is 0 Å². The summed E-state index contributed by atoms with van der Waals surface area (Å²) in [6.45, 7) is 4.05. The SMILES string of the molecule is Cc1ccc(/C=C/C(=O)Nc2ccc(Oc3ccc(NC(=O)/C=C/c4ccc(C)cc4)cc3)cc2)cc1. The van der Waals surface area contributed by atoms with E-state index in [1.54, 1.807) is 60.7 Å². The molecular weight excluding hydrogens is 460 g/mol. The lowest BCUT2D eigenvalue weighted by Gasteiger charge is -2.08. The van der Waals surface area contributed by atoms with Gasteiger partial charge in [0.2, 0.25) is 11.8 Å². The quantitative estimate of drug-likeness (QED) is 0.254. The molecule has 0 aliphatic carbocycles. The Bertz CT molecular complexity index is 1290. The summed E-state index contributed by atoms with van der Waals surface area (Å²) in [6.07, 6.45) is 6.57. The number of anilines is 2. The number of carbonyl (C=O) groups excluding carboxylic acids is 2. The normalized spacial score (nSPS) is 11.0. The molecule has 0 unspecified atom stereocenters. The van der Waals surface area contributed by atoms with Gasteiger partial charge in [0, 0.05) is 23.5 Å². The van der Waals surface area contributed by atoms with Gasteiger partial charge in [-0.15, -0.1) is 0 Å². The zero-order valence-electron chi connectivity index (χ0n) is 20.8. The Balaban J connectivity index is 1.26. The van der Waals surface area contributed by atoms with E-state index in [9.17, 15) is 9.59 Å². The molecule has 0 radical (unpaired) electrons. The first kappa shape index (κ1) is 25.2. The summed E-state index contributed by atoms with van der Waals surface area (Å²) in [5.74, 6) is 0.846. The van der Waals surface area contributed by atoms with Crippen LogP contribution < -0.4 is 15.4 Å². The fourth-order valence-corrected chi connectivity index (χ4v) is 3.42. The predicted molar refractivity (Wildman–Crippen MR) is 151 cm³/mol. The molecule has 0 bridgehead atoms. The molecule has 0 fully saturated rings. The Morgan fingerprint density at radius 2 is 0.892 bits per heavy atom. The summed E-state index contributed by atoms with van der Waals surface area (Å²) in [6, 6.07) is 30.1. The van der Waals surface area contributed by atoms with Crippen molar-refractivity contribution in [2.75, 3.05) is 10.6 Å². The van der Waals surface area contributed by atoms with Gasteiger partial charge in [-0.1, -0.05) is 59.7 Å². The second kappa shape index (κ2) is 12.2. The van der Waals surface area contributed by atoms with Gasteiger partial charge in [0.1, 0.15) is 11.5 Å².